The van der Waals surface area contributed by atoms with Gasteiger partial charge in [-0.1, -0.05) is 47.6 Å². The number of rotatable bonds is 2. The van der Waals surface area contributed by atoms with Gasteiger partial charge in [-0.25, -0.2) is 0 Å². The first-order valence-electron chi connectivity index (χ1n) is 6.29. The van der Waals surface area contributed by atoms with Crippen molar-refractivity contribution in [3.05, 3.63) is 65.7 Å². The number of ether oxygens (including phenoxy) is 1. The van der Waals surface area contributed by atoms with Crippen molar-refractivity contribution in [2.75, 3.05) is 7.11 Å². The van der Waals surface area contributed by atoms with Crippen LogP contribution < -0.4 is 4.74 Å². The first-order valence-corrected chi connectivity index (χ1v) is 6.29. The van der Waals surface area contributed by atoms with Crippen LogP contribution >= 0.6 is 0 Å². The third kappa shape index (κ3) is 2.32. The van der Waals surface area contributed by atoms with Crippen LogP contribution in [-0.2, 0) is 4.84 Å². The highest BCUT2D eigenvalue weighted by molar-refractivity contribution is 6.03. The lowest BCUT2D eigenvalue weighted by molar-refractivity contribution is 0.190. The van der Waals surface area contributed by atoms with E-state index in [9.17, 15) is 0 Å². The zero-order chi connectivity index (χ0) is 13.1. The van der Waals surface area contributed by atoms with E-state index in [1.165, 1.54) is 0 Å². The quantitative estimate of drug-likeness (QED) is 0.766. The van der Waals surface area contributed by atoms with Gasteiger partial charge in [0.15, 0.2) is 0 Å². The third-order valence-corrected chi connectivity index (χ3v) is 3.22. The van der Waals surface area contributed by atoms with Crippen LogP contribution in [0.2, 0.25) is 0 Å². The summed E-state index contributed by atoms with van der Waals surface area (Å²) in [6.45, 7) is 0. The second-order valence-corrected chi connectivity index (χ2v) is 4.44. The molecular weight excluding hydrogens is 238 g/mol. The number of para-hydroxylation sites is 1. The Kier molecular flexibility index (Phi) is 3.19. The summed E-state index contributed by atoms with van der Waals surface area (Å²) < 4.78 is 6.06. The van der Waals surface area contributed by atoms with E-state index in [-0.39, 0.29) is 6.10 Å². The van der Waals surface area contributed by atoms with Gasteiger partial charge in [0.05, 0.1) is 5.71 Å². The van der Waals surface area contributed by atoms with Crippen LogP contribution in [0.25, 0.3) is 0 Å². The molecule has 2 aromatic carbocycles. The molecule has 0 saturated heterocycles. The van der Waals surface area contributed by atoms with Gasteiger partial charge in [0.25, 0.3) is 0 Å². The van der Waals surface area contributed by atoms with Crippen LogP contribution in [0.4, 0.5) is 0 Å². The standard InChI is InChI=1S/C16H15NO2/c1-18-17-14-11-16(12-7-3-2-4-8-12)19-15-10-6-5-9-13(14)15/h2-10,16H,11H2,1H3/b17-14-. The van der Waals surface area contributed by atoms with Crippen LogP contribution in [-0.4, -0.2) is 12.8 Å². The summed E-state index contributed by atoms with van der Waals surface area (Å²) in [5, 5.41) is 4.14. The van der Waals surface area contributed by atoms with Crippen LogP contribution in [0.3, 0.4) is 0 Å². The van der Waals surface area contributed by atoms with Gasteiger partial charge in [0.1, 0.15) is 19.0 Å². The number of hydrogen-bond acceptors (Lipinski definition) is 3. The van der Waals surface area contributed by atoms with Crippen molar-refractivity contribution in [2.45, 2.75) is 12.5 Å². The number of nitrogens with zero attached hydrogens (tertiary/aromatic N) is 1. The minimum Gasteiger partial charge on any atom is -0.485 e. The first-order chi connectivity index (χ1) is 9.38. The Hall–Kier alpha value is -2.29. The summed E-state index contributed by atoms with van der Waals surface area (Å²) in [7, 11) is 1.57. The van der Waals surface area contributed by atoms with E-state index in [0.717, 1.165) is 29.0 Å². The number of oxime groups is 1. The predicted molar refractivity (Wildman–Crippen MR) is 74.4 cm³/mol. The topological polar surface area (TPSA) is 30.8 Å². The number of fused-ring (bicyclic) bond motifs is 1. The zero-order valence-corrected chi connectivity index (χ0v) is 10.7. The SMILES string of the molecule is CO/N=C1/CC(c2ccccc2)Oc2ccccc21. The predicted octanol–water partition coefficient (Wildman–Crippen LogP) is 3.56. The van der Waals surface area contributed by atoms with E-state index in [0.29, 0.717) is 0 Å². The van der Waals surface area contributed by atoms with Crippen molar-refractivity contribution in [1.29, 1.82) is 0 Å². The average molecular weight is 253 g/mol. The summed E-state index contributed by atoms with van der Waals surface area (Å²) in [6, 6.07) is 18.1. The molecule has 0 saturated carbocycles. The molecule has 0 bridgehead atoms. The average Bonchev–Trinajstić information content (AvgIpc) is 2.48. The molecule has 0 aliphatic carbocycles. The normalized spacial score (nSPS) is 19.6. The van der Waals surface area contributed by atoms with Crippen molar-refractivity contribution in [3.8, 4) is 5.75 Å². The van der Waals surface area contributed by atoms with E-state index in [2.05, 4.69) is 17.3 Å². The molecule has 1 heterocycles. The maximum absolute atomic E-state index is 6.06. The molecule has 0 amide bonds. The van der Waals surface area contributed by atoms with Gasteiger partial charge in [-0.05, 0) is 17.7 Å². The molecule has 96 valence electrons. The van der Waals surface area contributed by atoms with Crippen LogP contribution in [0.15, 0.2) is 59.8 Å². The van der Waals surface area contributed by atoms with Crippen LogP contribution in [0.5, 0.6) is 5.75 Å². The summed E-state index contributed by atoms with van der Waals surface area (Å²) >= 11 is 0. The second kappa shape index (κ2) is 5.14. The van der Waals surface area contributed by atoms with Gasteiger partial charge >= 0.3 is 0 Å². The molecule has 1 unspecified atom stereocenters. The lowest BCUT2D eigenvalue weighted by Gasteiger charge is -2.27. The van der Waals surface area contributed by atoms with E-state index >= 15 is 0 Å². The van der Waals surface area contributed by atoms with E-state index in [1.54, 1.807) is 7.11 Å². The van der Waals surface area contributed by atoms with Gasteiger partial charge in [0.2, 0.25) is 0 Å². The van der Waals surface area contributed by atoms with Crippen molar-refractivity contribution >= 4 is 5.71 Å². The molecule has 19 heavy (non-hydrogen) atoms. The molecule has 1 aliphatic rings. The van der Waals surface area contributed by atoms with Crippen LogP contribution in [0, 0.1) is 0 Å². The van der Waals surface area contributed by atoms with Crippen molar-refractivity contribution < 1.29 is 9.57 Å². The summed E-state index contributed by atoms with van der Waals surface area (Å²) in [4.78, 5) is 4.95. The van der Waals surface area contributed by atoms with Crippen molar-refractivity contribution in [1.82, 2.24) is 0 Å². The maximum Gasteiger partial charge on any atom is 0.129 e. The number of hydrogen-bond donors (Lipinski definition) is 0. The minimum atomic E-state index is -0.00926. The lowest BCUT2D eigenvalue weighted by Crippen LogP contribution is -2.21. The van der Waals surface area contributed by atoms with Gasteiger partial charge in [0, 0.05) is 12.0 Å². The van der Waals surface area contributed by atoms with E-state index in [4.69, 9.17) is 9.57 Å². The van der Waals surface area contributed by atoms with Gasteiger partial charge in [-0.3, -0.25) is 0 Å². The Morgan fingerprint density at radius 3 is 2.58 bits per heavy atom. The largest absolute Gasteiger partial charge is 0.485 e. The second-order valence-electron chi connectivity index (χ2n) is 4.44. The molecule has 0 fully saturated rings. The summed E-state index contributed by atoms with van der Waals surface area (Å²) in [5.41, 5.74) is 3.09. The van der Waals surface area contributed by atoms with E-state index in [1.807, 2.05) is 42.5 Å². The number of benzene rings is 2. The molecular formula is C16H15NO2. The molecule has 0 radical (unpaired) electrons. The third-order valence-electron chi connectivity index (χ3n) is 3.22. The Morgan fingerprint density at radius 1 is 1.05 bits per heavy atom. The molecule has 3 nitrogen and oxygen atoms in total. The Labute approximate surface area is 112 Å². The lowest BCUT2D eigenvalue weighted by atomic mass is 9.96. The molecule has 1 aliphatic heterocycles. The highest BCUT2D eigenvalue weighted by Crippen LogP contribution is 2.34. The van der Waals surface area contributed by atoms with Gasteiger partial charge < -0.3 is 9.57 Å². The molecule has 3 rings (SSSR count). The Bertz CT molecular complexity index is 593. The molecule has 0 N–H and O–H groups in total. The summed E-state index contributed by atoms with van der Waals surface area (Å²) in [5.74, 6) is 0.860. The fraction of sp³-hybridized carbons (Fsp3) is 0.188. The smallest absolute Gasteiger partial charge is 0.129 e. The van der Waals surface area contributed by atoms with Gasteiger partial charge in [-0.15, -0.1) is 0 Å². The molecule has 3 heteroatoms. The molecule has 1 atom stereocenters. The first kappa shape index (κ1) is 11.8. The van der Waals surface area contributed by atoms with Crippen molar-refractivity contribution in [3.63, 3.8) is 0 Å². The molecule has 2 aromatic rings. The Balaban J connectivity index is 2.00. The van der Waals surface area contributed by atoms with Crippen molar-refractivity contribution in [2.24, 2.45) is 5.16 Å². The molecule has 0 aromatic heterocycles. The van der Waals surface area contributed by atoms with Crippen LogP contribution in [0.1, 0.15) is 23.7 Å². The summed E-state index contributed by atoms with van der Waals surface area (Å²) in [6.07, 6.45) is 0.708. The molecule has 0 spiro atoms. The Morgan fingerprint density at radius 2 is 1.79 bits per heavy atom. The highest BCUT2D eigenvalue weighted by atomic mass is 16.6. The fourth-order valence-electron chi connectivity index (χ4n) is 2.34. The fourth-order valence-corrected chi connectivity index (χ4v) is 2.34. The highest BCUT2D eigenvalue weighted by Gasteiger charge is 2.26. The van der Waals surface area contributed by atoms with E-state index < -0.39 is 0 Å². The monoisotopic (exact) mass is 253 g/mol. The van der Waals surface area contributed by atoms with Gasteiger partial charge in [-0.2, -0.15) is 0 Å². The maximum atomic E-state index is 6.06. The minimum absolute atomic E-state index is 0.00926. The zero-order valence-electron chi connectivity index (χ0n) is 10.7.